The average Bonchev–Trinajstić information content (AvgIpc) is 2.39. The first kappa shape index (κ1) is 15.3. The minimum Gasteiger partial charge on any atom is -0.398 e. The lowest BCUT2D eigenvalue weighted by molar-refractivity contribution is -0.113. The van der Waals surface area contributed by atoms with Crippen molar-refractivity contribution in [3.63, 3.8) is 0 Å². The lowest BCUT2D eigenvalue weighted by atomic mass is 10.2. The molecule has 3 nitrogen and oxygen atoms in total. The molecule has 0 unspecified atom stereocenters. The van der Waals surface area contributed by atoms with E-state index in [1.165, 1.54) is 11.8 Å². The summed E-state index contributed by atoms with van der Waals surface area (Å²) in [4.78, 5) is 12.6. The second-order valence-electron chi connectivity index (χ2n) is 4.48. The Morgan fingerprint density at radius 2 is 1.90 bits per heavy atom. The molecule has 0 bridgehead atoms. The number of aryl methyl sites for hydroxylation is 1. The summed E-state index contributed by atoms with van der Waals surface area (Å²) in [5.74, 6) is -1.72. The fraction of sp³-hybridized carbons (Fsp3) is 0.133. The van der Waals surface area contributed by atoms with Gasteiger partial charge in [0, 0.05) is 22.3 Å². The van der Waals surface area contributed by atoms with Crippen LogP contribution in [0, 0.1) is 18.6 Å². The second-order valence-corrected chi connectivity index (χ2v) is 5.50. The van der Waals surface area contributed by atoms with Crippen molar-refractivity contribution < 1.29 is 13.6 Å². The number of thioether (sulfide) groups is 1. The molecule has 0 aliphatic heterocycles. The van der Waals surface area contributed by atoms with Crippen LogP contribution in [0.1, 0.15) is 5.56 Å². The largest absolute Gasteiger partial charge is 0.398 e. The van der Waals surface area contributed by atoms with Crippen LogP contribution in [0.15, 0.2) is 41.3 Å². The number of nitrogen functional groups attached to an aromatic ring is 1. The Morgan fingerprint density at radius 1 is 1.24 bits per heavy atom. The van der Waals surface area contributed by atoms with Gasteiger partial charge in [0.05, 0.1) is 5.75 Å². The van der Waals surface area contributed by atoms with Crippen molar-refractivity contribution in [3.8, 4) is 0 Å². The fourth-order valence-corrected chi connectivity index (χ4v) is 2.60. The molecule has 0 fully saturated rings. The summed E-state index contributed by atoms with van der Waals surface area (Å²) in [6.07, 6.45) is 0. The molecule has 0 atom stereocenters. The van der Waals surface area contributed by atoms with E-state index in [1.807, 2.05) is 25.1 Å². The quantitative estimate of drug-likeness (QED) is 0.670. The molecule has 0 aliphatic rings. The van der Waals surface area contributed by atoms with Crippen molar-refractivity contribution in [2.45, 2.75) is 11.8 Å². The first-order chi connectivity index (χ1) is 9.95. The van der Waals surface area contributed by atoms with Gasteiger partial charge in [-0.05, 0) is 30.7 Å². The molecule has 3 N–H and O–H groups in total. The highest BCUT2D eigenvalue weighted by atomic mass is 32.2. The number of amides is 1. The number of nitrogens with two attached hydrogens (primary N) is 1. The van der Waals surface area contributed by atoms with Gasteiger partial charge in [-0.15, -0.1) is 11.8 Å². The number of nitrogens with one attached hydrogen (secondary N) is 1. The SMILES string of the molecule is Cc1cccc(SCC(=O)Nc2cc(F)cc(F)c2)c1N. The van der Waals surface area contributed by atoms with E-state index in [-0.39, 0.29) is 17.3 Å². The van der Waals surface area contributed by atoms with Crippen molar-refractivity contribution in [3.05, 3.63) is 53.6 Å². The van der Waals surface area contributed by atoms with Gasteiger partial charge < -0.3 is 11.1 Å². The average molecular weight is 308 g/mol. The zero-order valence-electron chi connectivity index (χ0n) is 11.3. The molecule has 2 rings (SSSR count). The van der Waals surface area contributed by atoms with Crippen LogP contribution >= 0.6 is 11.8 Å². The van der Waals surface area contributed by atoms with Crippen LogP contribution in [-0.2, 0) is 4.79 Å². The van der Waals surface area contributed by atoms with Crippen molar-refractivity contribution in [1.82, 2.24) is 0 Å². The molecule has 1 amide bonds. The van der Waals surface area contributed by atoms with Crippen LogP contribution in [-0.4, -0.2) is 11.7 Å². The number of rotatable bonds is 4. The Kier molecular flexibility index (Phi) is 4.80. The molecule has 0 aromatic heterocycles. The molecule has 0 spiro atoms. The van der Waals surface area contributed by atoms with Crippen molar-refractivity contribution >= 4 is 29.0 Å². The highest BCUT2D eigenvalue weighted by Gasteiger charge is 2.08. The summed E-state index contributed by atoms with van der Waals surface area (Å²) in [7, 11) is 0. The molecule has 2 aromatic carbocycles. The van der Waals surface area contributed by atoms with E-state index in [1.54, 1.807) is 0 Å². The van der Waals surface area contributed by atoms with Gasteiger partial charge in [-0.2, -0.15) is 0 Å². The molecular formula is C15H14F2N2OS. The maximum absolute atomic E-state index is 13.0. The van der Waals surface area contributed by atoms with Crippen LogP contribution in [0.5, 0.6) is 0 Å². The predicted octanol–water partition coefficient (Wildman–Crippen LogP) is 3.59. The molecule has 0 heterocycles. The summed E-state index contributed by atoms with van der Waals surface area (Å²) in [6, 6.07) is 8.43. The van der Waals surface area contributed by atoms with Crippen LogP contribution in [0.25, 0.3) is 0 Å². The molecule has 6 heteroatoms. The first-order valence-corrected chi connectivity index (χ1v) is 7.18. The summed E-state index contributed by atoms with van der Waals surface area (Å²) in [6.45, 7) is 1.88. The topological polar surface area (TPSA) is 55.1 Å². The molecule has 21 heavy (non-hydrogen) atoms. The van der Waals surface area contributed by atoms with E-state index in [9.17, 15) is 13.6 Å². The smallest absolute Gasteiger partial charge is 0.234 e. The number of anilines is 2. The maximum atomic E-state index is 13.0. The van der Waals surface area contributed by atoms with E-state index in [0.29, 0.717) is 5.69 Å². The lowest BCUT2D eigenvalue weighted by Gasteiger charge is -2.08. The Hall–Kier alpha value is -2.08. The van der Waals surface area contributed by atoms with Gasteiger partial charge in [-0.25, -0.2) is 8.78 Å². The van der Waals surface area contributed by atoms with Gasteiger partial charge in [-0.1, -0.05) is 12.1 Å². The Bertz CT molecular complexity index is 656. The van der Waals surface area contributed by atoms with E-state index in [2.05, 4.69) is 5.32 Å². The van der Waals surface area contributed by atoms with Crippen LogP contribution in [0.2, 0.25) is 0 Å². The monoisotopic (exact) mass is 308 g/mol. The number of carbonyl (C=O) groups is 1. The lowest BCUT2D eigenvalue weighted by Crippen LogP contribution is -2.14. The summed E-state index contributed by atoms with van der Waals surface area (Å²) in [5.41, 5.74) is 7.57. The summed E-state index contributed by atoms with van der Waals surface area (Å²) >= 11 is 1.27. The van der Waals surface area contributed by atoms with Crippen LogP contribution in [0.4, 0.5) is 20.2 Å². The standard InChI is InChI=1S/C15H14F2N2OS/c1-9-3-2-4-13(15(9)18)21-8-14(20)19-12-6-10(16)5-11(17)7-12/h2-7H,8,18H2,1H3,(H,19,20). The van der Waals surface area contributed by atoms with E-state index in [4.69, 9.17) is 5.73 Å². The third kappa shape index (κ3) is 4.19. The second kappa shape index (κ2) is 6.58. The van der Waals surface area contributed by atoms with Crippen molar-refractivity contribution in [2.75, 3.05) is 16.8 Å². The molecule has 0 aliphatic carbocycles. The molecule has 110 valence electrons. The summed E-state index contributed by atoms with van der Waals surface area (Å²) in [5, 5.41) is 2.45. The normalized spacial score (nSPS) is 10.4. The Labute approximate surface area is 125 Å². The van der Waals surface area contributed by atoms with Gasteiger partial charge in [-0.3, -0.25) is 4.79 Å². The minimum atomic E-state index is -0.735. The Morgan fingerprint density at radius 3 is 2.57 bits per heavy atom. The third-order valence-corrected chi connectivity index (χ3v) is 3.86. The molecule has 0 saturated carbocycles. The van der Waals surface area contributed by atoms with Gasteiger partial charge in [0.25, 0.3) is 0 Å². The number of halogens is 2. The predicted molar refractivity (Wildman–Crippen MR) is 81.3 cm³/mol. The van der Waals surface area contributed by atoms with E-state index < -0.39 is 11.6 Å². The number of para-hydroxylation sites is 1. The Balaban J connectivity index is 1.97. The first-order valence-electron chi connectivity index (χ1n) is 6.19. The van der Waals surface area contributed by atoms with Gasteiger partial charge in [0.2, 0.25) is 5.91 Å². The third-order valence-electron chi connectivity index (χ3n) is 2.79. The molecule has 0 radical (unpaired) electrons. The van der Waals surface area contributed by atoms with Crippen molar-refractivity contribution in [2.24, 2.45) is 0 Å². The van der Waals surface area contributed by atoms with Crippen LogP contribution in [0.3, 0.4) is 0 Å². The van der Waals surface area contributed by atoms with Gasteiger partial charge in [0.1, 0.15) is 11.6 Å². The molecular weight excluding hydrogens is 294 g/mol. The zero-order valence-corrected chi connectivity index (χ0v) is 12.1. The number of benzene rings is 2. The van der Waals surface area contributed by atoms with Gasteiger partial charge in [0.15, 0.2) is 0 Å². The maximum Gasteiger partial charge on any atom is 0.234 e. The van der Waals surface area contributed by atoms with E-state index >= 15 is 0 Å². The van der Waals surface area contributed by atoms with Crippen molar-refractivity contribution in [1.29, 1.82) is 0 Å². The molecule has 0 saturated heterocycles. The van der Waals surface area contributed by atoms with E-state index in [0.717, 1.165) is 28.7 Å². The zero-order chi connectivity index (χ0) is 15.4. The minimum absolute atomic E-state index is 0.0929. The highest BCUT2D eigenvalue weighted by Crippen LogP contribution is 2.27. The molecule has 2 aromatic rings. The number of hydrogen-bond acceptors (Lipinski definition) is 3. The van der Waals surface area contributed by atoms with Gasteiger partial charge >= 0.3 is 0 Å². The summed E-state index contributed by atoms with van der Waals surface area (Å²) < 4.78 is 26.0. The highest BCUT2D eigenvalue weighted by molar-refractivity contribution is 8.00. The number of hydrogen-bond donors (Lipinski definition) is 2. The number of carbonyl (C=O) groups excluding carboxylic acids is 1. The fourth-order valence-electron chi connectivity index (χ4n) is 1.75. The van der Waals surface area contributed by atoms with Crippen LogP contribution < -0.4 is 11.1 Å².